The van der Waals surface area contributed by atoms with Gasteiger partial charge < -0.3 is 19.9 Å². The minimum absolute atomic E-state index is 0.127. The highest BCUT2D eigenvalue weighted by Crippen LogP contribution is 2.32. The van der Waals surface area contributed by atoms with Gasteiger partial charge in [0.05, 0.1) is 0 Å². The van der Waals surface area contributed by atoms with E-state index < -0.39 is 16.1 Å². The zero-order valence-electron chi connectivity index (χ0n) is 8.52. The topological polar surface area (TPSA) is 63.6 Å². The number of benzene rings is 1. The van der Waals surface area contributed by atoms with Crippen molar-refractivity contribution in [3.63, 3.8) is 0 Å². The molecule has 1 unspecified atom stereocenters. The average molecular weight is 298 g/mol. The van der Waals surface area contributed by atoms with Crippen LogP contribution in [0.5, 0.6) is 0 Å². The SMILES string of the molecule is O=C([O-])N(Cc1ccccc1)C(O)C(Cl)(Cl)Cl. The number of aliphatic hydroxyl groups is 1. The van der Waals surface area contributed by atoms with Gasteiger partial charge in [-0.15, -0.1) is 0 Å². The molecule has 0 aliphatic rings. The minimum atomic E-state index is -2.13. The number of carbonyl (C=O) groups is 1. The molecular formula is C10H9Cl3NO3-. The van der Waals surface area contributed by atoms with Crippen molar-refractivity contribution in [2.75, 3.05) is 0 Å². The molecule has 0 radical (unpaired) electrons. The predicted octanol–water partition coefficient (Wildman–Crippen LogP) is 1.52. The van der Waals surface area contributed by atoms with E-state index >= 15 is 0 Å². The molecule has 94 valence electrons. The lowest BCUT2D eigenvalue weighted by atomic mass is 10.2. The highest BCUT2D eigenvalue weighted by Gasteiger charge is 2.35. The molecule has 7 heteroatoms. The summed E-state index contributed by atoms with van der Waals surface area (Å²) in [5, 5.41) is 20.5. The Hall–Kier alpha value is -0.680. The fraction of sp³-hybridized carbons (Fsp3) is 0.300. The third kappa shape index (κ3) is 4.24. The van der Waals surface area contributed by atoms with E-state index in [1.807, 2.05) is 0 Å². The third-order valence-corrected chi connectivity index (χ3v) is 2.60. The Morgan fingerprint density at radius 3 is 2.29 bits per heavy atom. The first kappa shape index (κ1) is 14.4. The van der Waals surface area contributed by atoms with Crippen molar-refractivity contribution in [3.05, 3.63) is 35.9 Å². The molecule has 17 heavy (non-hydrogen) atoms. The van der Waals surface area contributed by atoms with E-state index in [0.29, 0.717) is 10.5 Å². The number of halogens is 3. The number of alkyl halides is 3. The van der Waals surface area contributed by atoms with E-state index in [4.69, 9.17) is 34.8 Å². The molecule has 0 bridgehead atoms. The maximum atomic E-state index is 10.9. The standard InChI is InChI=1S/C10H10Cl3NO3/c11-10(12,13)8(15)14(9(16)17)6-7-4-2-1-3-5-7/h1-5,8,15H,6H2,(H,16,17)/p-1. The second-order valence-corrected chi connectivity index (χ2v) is 5.66. The average Bonchev–Trinajstić information content (AvgIpc) is 2.24. The van der Waals surface area contributed by atoms with Crippen molar-refractivity contribution in [1.29, 1.82) is 0 Å². The molecule has 1 aromatic carbocycles. The van der Waals surface area contributed by atoms with Crippen LogP contribution in [0.25, 0.3) is 0 Å². The summed E-state index contributed by atoms with van der Waals surface area (Å²) in [5.74, 6) is 0. The van der Waals surface area contributed by atoms with E-state index in [-0.39, 0.29) is 6.54 Å². The van der Waals surface area contributed by atoms with E-state index in [1.54, 1.807) is 30.3 Å². The molecule has 1 aromatic rings. The highest BCUT2D eigenvalue weighted by atomic mass is 35.6. The van der Waals surface area contributed by atoms with Crippen LogP contribution < -0.4 is 5.11 Å². The van der Waals surface area contributed by atoms with Crippen molar-refractivity contribution >= 4 is 40.9 Å². The zero-order valence-corrected chi connectivity index (χ0v) is 10.8. The molecule has 1 N–H and O–H groups in total. The molecule has 1 rings (SSSR count). The molecule has 1 amide bonds. The normalized spacial score (nSPS) is 13.2. The number of aliphatic hydroxyl groups excluding tert-OH is 1. The van der Waals surface area contributed by atoms with Gasteiger partial charge in [-0.05, 0) is 5.56 Å². The fourth-order valence-corrected chi connectivity index (χ4v) is 1.56. The summed E-state index contributed by atoms with van der Waals surface area (Å²) in [7, 11) is 0. The minimum Gasteiger partial charge on any atom is -0.530 e. The summed E-state index contributed by atoms with van der Waals surface area (Å²) in [6, 6.07) is 8.59. The first-order valence-electron chi connectivity index (χ1n) is 4.58. The van der Waals surface area contributed by atoms with Gasteiger partial charge in [-0.2, -0.15) is 0 Å². The van der Waals surface area contributed by atoms with E-state index in [2.05, 4.69) is 0 Å². The summed E-state index contributed by atoms with van der Waals surface area (Å²) in [6.45, 7) is -0.127. The number of carboxylic acid groups (broad SMARTS) is 1. The number of carbonyl (C=O) groups excluding carboxylic acids is 1. The predicted molar refractivity (Wildman–Crippen MR) is 63.7 cm³/mol. The van der Waals surface area contributed by atoms with Crippen molar-refractivity contribution in [3.8, 4) is 0 Å². The van der Waals surface area contributed by atoms with E-state index in [1.165, 1.54) is 0 Å². The van der Waals surface area contributed by atoms with Gasteiger partial charge in [0.2, 0.25) is 3.79 Å². The Balaban J connectivity index is 2.85. The highest BCUT2D eigenvalue weighted by molar-refractivity contribution is 6.68. The van der Waals surface area contributed by atoms with Gasteiger partial charge >= 0.3 is 0 Å². The second kappa shape index (κ2) is 5.78. The maximum absolute atomic E-state index is 10.9. The van der Waals surface area contributed by atoms with Gasteiger partial charge in [0.15, 0.2) is 6.23 Å². The smallest absolute Gasteiger partial charge is 0.234 e. The number of amides is 1. The summed E-state index contributed by atoms with van der Waals surface area (Å²) < 4.78 is -2.13. The first-order valence-corrected chi connectivity index (χ1v) is 5.72. The van der Waals surface area contributed by atoms with Gasteiger partial charge in [0, 0.05) is 6.54 Å². The maximum Gasteiger partial charge on any atom is 0.234 e. The fourth-order valence-electron chi connectivity index (χ4n) is 1.21. The Bertz CT molecular complexity index is 380. The van der Waals surface area contributed by atoms with Crippen molar-refractivity contribution < 1.29 is 15.0 Å². The molecule has 0 saturated carbocycles. The molecule has 0 heterocycles. The Labute approximate surface area is 113 Å². The Kier molecular flexibility index (Phi) is 4.89. The molecule has 1 atom stereocenters. The van der Waals surface area contributed by atoms with Gasteiger partial charge in [0.1, 0.15) is 6.09 Å². The summed E-state index contributed by atoms with van der Waals surface area (Å²) >= 11 is 16.3. The van der Waals surface area contributed by atoms with Crippen LogP contribution in [0.3, 0.4) is 0 Å². The molecular weight excluding hydrogens is 288 g/mol. The van der Waals surface area contributed by atoms with Gasteiger partial charge in [-0.1, -0.05) is 65.1 Å². The van der Waals surface area contributed by atoms with Gasteiger partial charge in [-0.3, -0.25) is 0 Å². The lowest BCUT2D eigenvalue weighted by Crippen LogP contribution is -2.51. The summed E-state index contributed by atoms with van der Waals surface area (Å²) in [4.78, 5) is 11.4. The van der Waals surface area contributed by atoms with Crippen LogP contribution in [0.1, 0.15) is 5.56 Å². The molecule has 0 saturated heterocycles. The Morgan fingerprint density at radius 2 is 1.88 bits per heavy atom. The van der Waals surface area contributed by atoms with Crippen LogP contribution in [0, 0.1) is 0 Å². The molecule has 0 aliphatic heterocycles. The number of hydrogen-bond donors (Lipinski definition) is 1. The van der Waals surface area contributed by atoms with Crippen molar-refractivity contribution in [2.45, 2.75) is 16.6 Å². The monoisotopic (exact) mass is 296 g/mol. The van der Waals surface area contributed by atoms with Crippen molar-refractivity contribution in [2.24, 2.45) is 0 Å². The van der Waals surface area contributed by atoms with Crippen LogP contribution in [-0.4, -0.2) is 26.1 Å². The molecule has 0 aromatic heterocycles. The van der Waals surface area contributed by atoms with E-state index in [9.17, 15) is 15.0 Å². The second-order valence-electron chi connectivity index (χ2n) is 3.29. The first-order chi connectivity index (χ1) is 7.82. The number of rotatable bonds is 3. The molecule has 0 spiro atoms. The van der Waals surface area contributed by atoms with Crippen LogP contribution >= 0.6 is 34.8 Å². The lowest BCUT2D eigenvalue weighted by molar-refractivity contribution is -0.274. The quantitative estimate of drug-likeness (QED) is 0.679. The summed E-state index contributed by atoms with van der Waals surface area (Å²) in [6.07, 6.45) is -3.41. The van der Waals surface area contributed by atoms with Crippen LogP contribution in [0.4, 0.5) is 4.79 Å². The molecule has 0 aliphatic carbocycles. The molecule has 0 fully saturated rings. The van der Waals surface area contributed by atoms with Crippen LogP contribution in [0.2, 0.25) is 0 Å². The van der Waals surface area contributed by atoms with Gasteiger partial charge in [-0.25, -0.2) is 0 Å². The van der Waals surface area contributed by atoms with Gasteiger partial charge in [0.25, 0.3) is 0 Å². The number of nitrogens with zero attached hydrogens (tertiary/aromatic N) is 1. The zero-order chi connectivity index (χ0) is 13.1. The number of hydrogen-bond acceptors (Lipinski definition) is 3. The Morgan fingerprint density at radius 1 is 1.35 bits per heavy atom. The third-order valence-electron chi connectivity index (χ3n) is 2.02. The lowest BCUT2D eigenvalue weighted by Gasteiger charge is -2.33. The van der Waals surface area contributed by atoms with Crippen LogP contribution in [0.15, 0.2) is 30.3 Å². The largest absolute Gasteiger partial charge is 0.530 e. The summed E-state index contributed by atoms with van der Waals surface area (Å²) in [5.41, 5.74) is 0.644. The van der Waals surface area contributed by atoms with Crippen LogP contribution in [-0.2, 0) is 6.54 Å². The van der Waals surface area contributed by atoms with Crippen molar-refractivity contribution in [1.82, 2.24) is 4.90 Å². The molecule has 4 nitrogen and oxygen atoms in total. The van der Waals surface area contributed by atoms with E-state index in [0.717, 1.165) is 0 Å².